The Kier molecular flexibility index (Phi) is 3.74. The summed E-state index contributed by atoms with van der Waals surface area (Å²) >= 11 is 0. The standard InChI is InChI=1S/C14H13N3O3/c1-10-13(9-15-16(10)2)14(18)8-5-11-3-6-12(7-4-11)17(19)20/h3-9H,1-2H3/b8-5+. The number of hydrogen-bond acceptors (Lipinski definition) is 4. The van der Waals surface area contributed by atoms with E-state index in [9.17, 15) is 14.9 Å². The Balaban J connectivity index is 2.15. The highest BCUT2D eigenvalue weighted by Gasteiger charge is 2.09. The van der Waals surface area contributed by atoms with E-state index in [1.54, 1.807) is 29.9 Å². The molecular weight excluding hydrogens is 258 g/mol. The Hall–Kier alpha value is -2.76. The van der Waals surface area contributed by atoms with Gasteiger partial charge in [0.15, 0.2) is 5.78 Å². The van der Waals surface area contributed by atoms with Crippen molar-refractivity contribution in [1.82, 2.24) is 9.78 Å². The molecule has 0 atom stereocenters. The lowest BCUT2D eigenvalue weighted by atomic mass is 10.1. The van der Waals surface area contributed by atoms with Gasteiger partial charge in [0, 0.05) is 24.9 Å². The van der Waals surface area contributed by atoms with Crippen LogP contribution < -0.4 is 0 Å². The molecule has 1 heterocycles. The van der Waals surface area contributed by atoms with Gasteiger partial charge in [0.2, 0.25) is 0 Å². The highest BCUT2D eigenvalue weighted by Crippen LogP contribution is 2.14. The molecule has 0 saturated heterocycles. The third kappa shape index (κ3) is 2.80. The molecule has 0 radical (unpaired) electrons. The first-order valence-electron chi connectivity index (χ1n) is 5.94. The maximum atomic E-state index is 12.0. The number of aryl methyl sites for hydroxylation is 1. The van der Waals surface area contributed by atoms with Crippen molar-refractivity contribution in [2.24, 2.45) is 7.05 Å². The average molecular weight is 271 g/mol. The highest BCUT2D eigenvalue weighted by molar-refractivity contribution is 6.07. The zero-order chi connectivity index (χ0) is 14.7. The van der Waals surface area contributed by atoms with Gasteiger partial charge in [-0.3, -0.25) is 19.6 Å². The summed E-state index contributed by atoms with van der Waals surface area (Å²) in [7, 11) is 1.77. The number of nitro benzene ring substituents is 1. The molecule has 6 nitrogen and oxygen atoms in total. The number of ketones is 1. The van der Waals surface area contributed by atoms with Gasteiger partial charge in [0.05, 0.1) is 16.7 Å². The van der Waals surface area contributed by atoms with Gasteiger partial charge < -0.3 is 0 Å². The molecule has 0 aliphatic rings. The number of aromatic nitrogens is 2. The van der Waals surface area contributed by atoms with Crippen LogP contribution >= 0.6 is 0 Å². The van der Waals surface area contributed by atoms with Gasteiger partial charge in [-0.25, -0.2) is 0 Å². The van der Waals surface area contributed by atoms with Crippen molar-refractivity contribution in [2.45, 2.75) is 6.92 Å². The van der Waals surface area contributed by atoms with Gasteiger partial charge in [-0.2, -0.15) is 5.10 Å². The lowest BCUT2D eigenvalue weighted by molar-refractivity contribution is -0.384. The van der Waals surface area contributed by atoms with Gasteiger partial charge >= 0.3 is 0 Å². The van der Waals surface area contributed by atoms with Crippen LogP contribution in [0.5, 0.6) is 0 Å². The Morgan fingerprint density at radius 3 is 2.50 bits per heavy atom. The molecule has 20 heavy (non-hydrogen) atoms. The number of nitro groups is 1. The van der Waals surface area contributed by atoms with Crippen molar-refractivity contribution in [3.8, 4) is 0 Å². The van der Waals surface area contributed by atoms with Crippen LogP contribution in [0.1, 0.15) is 21.6 Å². The first kappa shape index (κ1) is 13.7. The van der Waals surface area contributed by atoms with E-state index in [1.807, 2.05) is 6.92 Å². The van der Waals surface area contributed by atoms with E-state index in [4.69, 9.17) is 0 Å². The van der Waals surface area contributed by atoms with Crippen LogP contribution in [0.3, 0.4) is 0 Å². The lowest BCUT2D eigenvalue weighted by Crippen LogP contribution is -1.98. The predicted molar refractivity (Wildman–Crippen MR) is 74.4 cm³/mol. The molecule has 0 aliphatic heterocycles. The smallest absolute Gasteiger partial charge is 0.269 e. The second-order valence-electron chi connectivity index (χ2n) is 4.31. The monoisotopic (exact) mass is 271 g/mol. The number of carbonyl (C=O) groups excluding carboxylic acids is 1. The normalized spacial score (nSPS) is 10.9. The molecule has 0 unspecified atom stereocenters. The maximum absolute atomic E-state index is 12.0. The van der Waals surface area contributed by atoms with Crippen LogP contribution in [0.4, 0.5) is 5.69 Å². The van der Waals surface area contributed by atoms with Crippen molar-refractivity contribution in [3.05, 3.63) is 63.5 Å². The summed E-state index contributed by atoms with van der Waals surface area (Å²) in [4.78, 5) is 22.0. The fraction of sp³-hybridized carbons (Fsp3) is 0.143. The van der Waals surface area contributed by atoms with Crippen LogP contribution in [-0.2, 0) is 7.05 Å². The summed E-state index contributed by atoms with van der Waals surface area (Å²) in [6.45, 7) is 1.82. The Labute approximate surface area is 115 Å². The Morgan fingerprint density at radius 2 is 2.00 bits per heavy atom. The van der Waals surface area contributed by atoms with Gasteiger partial charge in [0.25, 0.3) is 5.69 Å². The summed E-state index contributed by atoms with van der Waals surface area (Å²) in [6.07, 6.45) is 4.58. The fourth-order valence-electron chi connectivity index (χ4n) is 1.71. The molecule has 0 amide bonds. The number of carbonyl (C=O) groups is 1. The molecule has 0 spiro atoms. The van der Waals surface area contributed by atoms with Crippen LogP contribution in [0.2, 0.25) is 0 Å². The second-order valence-corrected chi connectivity index (χ2v) is 4.31. The minimum Gasteiger partial charge on any atom is -0.289 e. The van der Waals surface area contributed by atoms with Crippen molar-refractivity contribution >= 4 is 17.5 Å². The summed E-state index contributed by atoms with van der Waals surface area (Å²) in [5.41, 5.74) is 2.09. The van der Waals surface area contributed by atoms with Crippen molar-refractivity contribution < 1.29 is 9.72 Å². The topological polar surface area (TPSA) is 78.0 Å². The third-order valence-corrected chi connectivity index (χ3v) is 3.03. The molecule has 6 heteroatoms. The predicted octanol–water partition coefficient (Wildman–Crippen LogP) is 2.53. The largest absolute Gasteiger partial charge is 0.289 e. The minimum absolute atomic E-state index is 0.0246. The Morgan fingerprint density at radius 1 is 1.35 bits per heavy atom. The van der Waals surface area contributed by atoms with Gasteiger partial charge in [0.1, 0.15) is 0 Å². The van der Waals surface area contributed by atoms with E-state index in [0.29, 0.717) is 5.56 Å². The van der Waals surface area contributed by atoms with Gasteiger partial charge in [-0.1, -0.05) is 6.08 Å². The number of benzene rings is 1. The number of hydrogen-bond donors (Lipinski definition) is 0. The molecule has 0 bridgehead atoms. The van der Waals surface area contributed by atoms with Crippen LogP contribution in [0.15, 0.2) is 36.5 Å². The molecule has 0 saturated carbocycles. The summed E-state index contributed by atoms with van der Waals surface area (Å²) in [5, 5.41) is 14.5. The maximum Gasteiger partial charge on any atom is 0.269 e. The van der Waals surface area contributed by atoms with E-state index >= 15 is 0 Å². The van der Waals surface area contributed by atoms with Crippen LogP contribution in [0, 0.1) is 17.0 Å². The van der Waals surface area contributed by atoms with E-state index < -0.39 is 4.92 Å². The summed E-state index contributed by atoms with van der Waals surface area (Å²) < 4.78 is 1.63. The molecular formula is C14H13N3O3. The number of nitrogens with zero attached hydrogens (tertiary/aromatic N) is 3. The molecule has 0 fully saturated rings. The van der Waals surface area contributed by atoms with Crippen molar-refractivity contribution in [2.75, 3.05) is 0 Å². The Bertz CT molecular complexity index is 684. The number of allylic oxidation sites excluding steroid dienone is 1. The molecule has 1 aromatic heterocycles. The van der Waals surface area contributed by atoms with E-state index in [0.717, 1.165) is 11.3 Å². The lowest BCUT2D eigenvalue weighted by Gasteiger charge is -1.96. The van der Waals surface area contributed by atoms with E-state index in [1.165, 1.54) is 24.4 Å². The zero-order valence-electron chi connectivity index (χ0n) is 11.1. The van der Waals surface area contributed by atoms with E-state index in [2.05, 4.69) is 5.10 Å². The molecule has 0 aliphatic carbocycles. The zero-order valence-corrected chi connectivity index (χ0v) is 11.1. The van der Waals surface area contributed by atoms with E-state index in [-0.39, 0.29) is 11.5 Å². The first-order chi connectivity index (χ1) is 9.49. The summed E-state index contributed by atoms with van der Waals surface area (Å²) in [5.74, 6) is -0.144. The number of rotatable bonds is 4. The molecule has 2 aromatic rings. The van der Waals surface area contributed by atoms with Gasteiger partial charge in [-0.15, -0.1) is 0 Å². The average Bonchev–Trinajstić information content (AvgIpc) is 2.77. The quantitative estimate of drug-likeness (QED) is 0.370. The fourth-order valence-corrected chi connectivity index (χ4v) is 1.71. The molecule has 1 aromatic carbocycles. The molecule has 2 rings (SSSR count). The molecule has 0 N–H and O–H groups in total. The number of non-ortho nitro benzene ring substituents is 1. The van der Waals surface area contributed by atoms with Crippen LogP contribution in [0.25, 0.3) is 6.08 Å². The van der Waals surface area contributed by atoms with Crippen molar-refractivity contribution in [3.63, 3.8) is 0 Å². The SMILES string of the molecule is Cc1c(C(=O)/C=C/c2ccc([N+](=O)[O-])cc2)cnn1C. The van der Waals surface area contributed by atoms with Crippen LogP contribution in [-0.4, -0.2) is 20.5 Å². The first-order valence-corrected chi connectivity index (χ1v) is 5.94. The second kappa shape index (κ2) is 5.48. The van der Waals surface area contributed by atoms with Crippen molar-refractivity contribution in [1.29, 1.82) is 0 Å². The van der Waals surface area contributed by atoms with Gasteiger partial charge in [-0.05, 0) is 30.7 Å². The highest BCUT2D eigenvalue weighted by atomic mass is 16.6. The molecule has 102 valence electrons. The summed E-state index contributed by atoms with van der Waals surface area (Å²) in [6, 6.07) is 6.00. The third-order valence-electron chi connectivity index (χ3n) is 3.03. The minimum atomic E-state index is -0.461.